The smallest absolute Gasteiger partial charge is 0.318 e. The number of nitrogens with one attached hydrogen (secondary N) is 3. The van der Waals surface area contributed by atoms with Crippen LogP contribution < -0.4 is 16.1 Å². The summed E-state index contributed by atoms with van der Waals surface area (Å²) in [5.41, 5.74) is 3.25. The lowest BCUT2D eigenvalue weighted by molar-refractivity contribution is -0.133. The molecule has 0 aliphatic rings. The number of aromatic nitrogens is 1. The van der Waals surface area contributed by atoms with Gasteiger partial charge in [-0.25, -0.2) is 9.07 Å². The number of amides is 3. The van der Waals surface area contributed by atoms with E-state index in [1.807, 2.05) is 0 Å². The number of hydrogen-bond donors (Lipinski definition) is 3. The predicted octanol–water partition coefficient (Wildman–Crippen LogP) is 5.16. The van der Waals surface area contributed by atoms with Crippen molar-refractivity contribution >= 4 is 67.5 Å². The number of para-hydroxylation sites is 1. The quantitative estimate of drug-likeness (QED) is 0.319. The molecule has 0 spiro atoms. The zero-order valence-electron chi connectivity index (χ0n) is 16.7. The Morgan fingerprint density at radius 1 is 0.879 bits per heavy atom. The molecule has 3 N–H and O–H groups in total. The Bertz CT molecular complexity index is 1390. The summed E-state index contributed by atoms with van der Waals surface area (Å²) in [6.07, 6.45) is 0. The fourth-order valence-electron chi connectivity index (χ4n) is 3.10. The van der Waals surface area contributed by atoms with E-state index in [0.29, 0.717) is 21.6 Å². The first-order valence-corrected chi connectivity index (χ1v) is 10.7. The number of anilines is 2. The first-order valence-electron chi connectivity index (χ1n) is 9.56. The molecule has 7 nitrogen and oxygen atoms in total. The van der Waals surface area contributed by atoms with Crippen LogP contribution in [0.25, 0.3) is 10.9 Å². The second kappa shape index (κ2) is 9.43. The van der Waals surface area contributed by atoms with Gasteiger partial charge in [0.15, 0.2) is 0 Å². The Labute approximate surface area is 200 Å². The summed E-state index contributed by atoms with van der Waals surface area (Å²) in [6, 6.07) is 18.6. The molecule has 0 atom stereocenters. The number of hydrogen-bond acceptors (Lipinski definition) is 3. The van der Waals surface area contributed by atoms with E-state index in [1.54, 1.807) is 48.5 Å². The molecule has 0 aliphatic heterocycles. The number of carbonyl (C=O) groups excluding carboxylic acids is 3. The summed E-state index contributed by atoms with van der Waals surface area (Å²) in [7, 11) is 0. The third kappa shape index (κ3) is 5.05. The molecule has 1 aromatic heterocycles. The summed E-state index contributed by atoms with van der Waals surface area (Å²) >= 11 is 9.19. The van der Waals surface area contributed by atoms with Crippen LogP contribution in [0.5, 0.6) is 0 Å². The van der Waals surface area contributed by atoms with Gasteiger partial charge in [-0.1, -0.05) is 39.7 Å². The van der Waals surface area contributed by atoms with Gasteiger partial charge in [-0.2, -0.15) is 0 Å². The molecule has 4 rings (SSSR count). The average Bonchev–Trinajstić information content (AvgIpc) is 3.14. The third-order valence-electron chi connectivity index (χ3n) is 4.64. The van der Waals surface area contributed by atoms with Crippen molar-refractivity contribution in [2.45, 2.75) is 0 Å². The molecule has 3 aromatic carbocycles. The number of nitrogens with zero attached hydrogens (tertiary/aromatic N) is 1. The fourth-order valence-corrected chi connectivity index (χ4v) is 3.60. The number of rotatable bonds is 4. The molecular formula is C23H15BrClFN4O3. The van der Waals surface area contributed by atoms with Crippen LogP contribution in [0.2, 0.25) is 5.02 Å². The van der Waals surface area contributed by atoms with Crippen LogP contribution in [0.4, 0.5) is 15.8 Å². The monoisotopic (exact) mass is 528 g/mol. The molecule has 0 fully saturated rings. The van der Waals surface area contributed by atoms with Crippen molar-refractivity contribution in [3.05, 3.63) is 93.8 Å². The van der Waals surface area contributed by atoms with E-state index in [9.17, 15) is 18.8 Å². The van der Waals surface area contributed by atoms with E-state index in [4.69, 9.17) is 11.6 Å². The highest BCUT2D eigenvalue weighted by Gasteiger charge is 2.21. The van der Waals surface area contributed by atoms with Gasteiger partial charge >= 0.3 is 11.8 Å². The summed E-state index contributed by atoms with van der Waals surface area (Å²) in [5.74, 6) is -3.24. The van der Waals surface area contributed by atoms with E-state index in [-0.39, 0.29) is 11.4 Å². The molecule has 4 aromatic rings. The van der Waals surface area contributed by atoms with Crippen molar-refractivity contribution < 1.29 is 18.8 Å². The number of carbonyl (C=O) groups is 3. The van der Waals surface area contributed by atoms with Crippen molar-refractivity contribution in [3.63, 3.8) is 0 Å². The average molecular weight is 530 g/mol. The highest BCUT2D eigenvalue weighted by atomic mass is 79.9. The maximum Gasteiger partial charge on any atom is 0.328 e. The first-order chi connectivity index (χ1) is 15.8. The van der Waals surface area contributed by atoms with Gasteiger partial charge in [0, 0.05) is 20.6 Å². The van der Waals surface area contributed by atoms with Gasteiger partial charge in [0.1, 0.15) is 11.5 Å². The van der Waals surface area contributed by atoms with Crippen molar-refractivity contribution in [2.24, 2.45) is 0 Å². The maximum atomic E-state index is 14.0. The molecule has 0 aliphatic carbocycles. The normalized spacial score (nSPS) is 10.6. The largest absolute Gasteiger partial charge is 0.328 e. The van der Waals surface area contributed by atoms with Gasteiger partial charge < -0.3 is 10.6 Å². The molecule has 0 unspecified atom stereocenters. The standard InChI is InChI=1S/C23H15BrClFN4O3/c24-14-5-10-19-13(11-14)12-20(21(31)28-18-4-2-1-3-17(18)26)30(19)29-23(33)22(32)27-16-8-6-15(25)7-9-16/h1-12H,(H,27,32)(H,28,31)(H,29,33). The van der Waals surface area contributed by atoms with Crippen molar-refractivity contribution in [1.29, 1.82) is 0 Å². The lowest BCUT2D eigenvalue weighted by atomic mass is 10.2. The Hall–Kier alpha value is -3.69. The Kier molecular flexibility index (Phi) is 6.43. The molecule has 0 saturated carbocycles. The second-order valence-electron chi connectivity index (χ2n) is 6.90. The lowest BCUT2D eigenvalue weighted by Crippen LogP contribution is -2.36. The number of halogens is 3. The predicted molar refractivity (Wildman–Crippen MR) is 128 cm³/mol. The number of fused-ring (bicyclic) bond motifs is 1. The molecule has 3 amide bonds. The van der Waals surface area contributed by atoms with Crippen LogP contribution in [0, 0.1) is 5.82 Å². The van der Waals surface area contributed by atoms with Crippen LogP contribution in [-0.4, -0.2) is 22.4 Å². The van der Waals surface area contributed by atoms with Crippen LogP contribution in [0.1, 0.15) is 10.5 Å². The summed E-state index contributed by atoms with van der Waals surface area (Å²) < 4.78 is 15.9. The van der Waals surface area contributed by atoms with E-state index in [1.165, 1.54) is 28.9 Å². The van der Waals surface area contributed by atoms with E-state index < -0.39 is 23.5 Å². The van der Waals surface area contributed by atoms with Crippen LogP contribution in [0.15, 0.2) is 77.3 Å². The van der Waals surface area contributed by atoms with Crippen LogP contribution in [-0.2, 0) is 9.59 Å². The molecule has 0 radical (unpaired) electrons. The highest BCUT2D eigenvalue weighted by Crippen LogP contribution is 2.24. The minimum absolute atomic E-state index is 0.000930. The minimum Gasteiger partial charge on any atom is -0.318 e. The highest BCUT2D eigenvalue weighted by molar-refractivity contribution is 9.10. The molecule has 0 saturated heterocycles. The van der Waals surface area contributed by atoms with E-state index >= 15 is 0 Å². The number of benzene rings is 3. The first kappa shape index (κ1) is 22.5. The Balaban J connectivity index is 1.63. The summed E-state index contributed by atoms with van der Waals surface area (Å²) in [6.45, 7) is 0. The topological polar surface area (TPSA) is 92.2 Å². The second-order valence-corrected chi connectivity index (χ2v) is 8.26. The lowest BCUT2D eigenvalue weighted by Gasteiger charge is -2.13. The molecule has 0 bridgehead atoms. The fraction of sp³-hybridized carbons (Fsp3) is 0. The summed E-state index contributed by atoms with van der Waals surface area (Å²) in [4.78, 5) is 38.0. The van der Waals surface area contributed by atoms with Gasteiger partial charge in [0.2, 0.25) is 0 Å². The van der Waals surface area contributed by atoms with Gasteiger partial charge in [0.25, 0.3) is 5.91 Å². The van der Waals surface area contributed by atoms with Gasteiger partial charge in [-0.05, 0) is 60.7 Å². The Morgan fingerprint density at radius 3 is 2.33 bits per heavy atom. The third-order valence-corrected chi connectivity index (χ3v) is 5.39. The van der Waals surface area contributed by atoms with Gasteiger partial charge in [0.05, 0.1) is 11.2 Å². The van der Waals surface area contributed by atoms with Crippen molar-refractivity contribution in [3.8, 4) is 0 Å². The van der Waals surface area contributed by atoms with Crippen molar-refractivity contribution in [1.82, 2.24) is 4.68 Å². The maximum absolute atomic E-state index is 14.0. The van der Waals surface area contributed by atoms with Crippen molar-refractivity contribution in [2.75, 3.05) is 16.1 Å². The Morgan fingerprint density at radius 2 is 1.61 bits per heavy atom. The van der Waals surface area contributed by atoms with Crippen LogP contribution in [0.3, 0.4) is 0 Å². The van der Waals surface area contributed by atoms with Crippen LogP contribution >= 0.6 is 27.5 Å². The zero-order valence-corrected chi connectivity index (χ0v) is 19.1. The van der Waals surface area contributed by atoms with E-state index in [2.05, 4.69) is 32.0 Å². The molecule has 1 heterocycles. The van der Waals surface area contributed by atoms with E-state index in [0.717, 1.165) is 4.47 Å². The molecule has 33 heavy (non-hydrogen) atoms. The van der Waals surface area contributed by atoms with Gasteiger partial charge in [-0.3, -0.25) is 19.8 Å². The molecule has 10 heteroatoms. The molecular weight excluding hydrogens is 515 g/mol. The SMILES string of the molecule is O=C(Nc1ccc(Cl)cc1)C(=O)Nn1c(C(=O)Nc2ccccc2F)cc2cc(Br)ccc21. The summed E-state index contributed by atoms with van der Waals surface area (Å²) in [5, 5.41) is 6.03. The minimum atomic E-state index is -1.01. The molecule has 166 valence electrons. The van der Waals surface area contributed by atoms with Gasteiger partial charge in [-0.15, -0.1) is 0 Å². The zero-order chi connectivity index (χ0) is 23.5.